The molecule has 0 aromatic heterocycles. The first-order valence-corrected chi connectivity index (χ1v) is 10.1. The second-order valence-corrected chi connectivity index (χ2v) is 7.84. The smallest absolute Gasteiger partial charge is 0.237 e. The number of carbonyl (C=O) groups is 1. The first-order chi connectivity index (χ1) is 12.7. The average Bonchev–Trinajstić information content (AvgIpc) is 2.72. The molecule has 1 aromatic rings. The molecule has 1 aliphatic heterocycles. The highest BCUT2D eigenvalue weighted by molar-refractivity contribution is 5.82. The summed E-state index contributed by atoms with van der Waals surface area (Å²) in [6.45, 7) is 0.574. The number of rotatable bonds is 6. The summed E-state index contributed by atoms with van der Waals surface area (Å²) in [5.41, 5.74) is 0.698. The molecule has 4 atom stereocenters. The lowest BCUT2D eigenvalue weighted by molar-refractivity contribution is -0.126. The van der Waals surface area contributed by atoms with Crippen LogP contribution in [0.5, 0.6) is 0 Å². The number of hydrogen-bond donors (Lipinski definition) is 4. The Kier molecular flexibility index (Phi) is 7.06. The third-order valence-electron chi connectivity index (χ3n) is 6.12. The topological polar surface area (TPSA) is 81.6 Å². The lowest BCUT2D eigenvalue weighted by Gasteiger charge is -2.37. The van der Waals surface area contributed by atoms with E-state index in [2.05, 4.69) is 10.6 Å². The standard InChI is InChI=1S/C21H32N2O3/c24-14-19(20(25)16-9-5-2-6-10-16)23-21(26)18-13-17(11-12-22-18)15-7-3-1-4-8-15/h2,5-6,9-10,15,17-20,22,24-25H,1,3-4,7-8,11-14H2,(H,23,26). The van der Waals surface area contributed by atoms with Crippen LogP contribution in [0.4, 0.5) is 0 Å². The number of piperidine rings is 1. The van der Waals surface area contributed by atoms with E-state index in [-0.39, 0.29) is 18.6 Å². The van der Waals surface area contributed by atoms with Gasteiger partial charge >= 0.3 is 0 Å². The largest absolute Gasteiger partial charge is 0.394 e. The van der Waals surface area contributed by atoms with Gasteiger partial charge in [0.05, 0.1) is 18.7 Å². The fraction of sp³-hybridized carbons (Fsp3) is 0.667. The number of benzene rings is 1. The minimum Gasteiger partial charge on any atom is -0.394 e. The van der Waals surface area contributed by atoms with Crippen LogP contribution in [0.15, 0.2) is 30.3 Å². The van der Waals surface area contributed by atoms with Gasteiger partial charge in [-0.3, -0.25) is 4.79 Å². The van der Waals surface area contributed by atoms with Crippen LogP contribution in [-0.4, -0.2) is 41.4 Å². The van der Waals surface area contributed by atoms with Crippen molar-refractivity contribution in [2.75, 3.05) is 13.2 Å². The minimum atomic E-state index is -0.914. The molecule has 1 heterocycles. The van der Waals surface area contributed by atoms with Gasteiger partial charge in [-0.25, -0.2) is 0 Å². The normalized spacial score (nSPS) is 26.8. The number of aliphatic hydroxyl groups excluding tert-OH is 2. The summed E-state index contributed by atoms with van der Waals surface area (Å²) in [5, 5.41) is 26.3. The van der Waals surface area contributed by atoms with Gasteiger partial charge in [-0.2, -0.15) is 0 Å². The van der Waals surface area contributed by atoms with Crippen molar-refractivity contribution in [1.29, 1.82) is 0 Å². The van der Waals surface area contributed by atoms with Crippen LogP contribution in [0.25, 0.3) is 0 Å². The van der Waals surface area contributed by atoms with Crippen molar-refractivity contribution in [1.82, 2.24) is 10.6 Å². The molecule has 2 aliphatic rings. The summed E-state index contributed by atoms with van der Waals surface area (Å²) in [7, 11) is 0. The SMILES string of the molecule is O=C(NC(CO)C(O)c1ccccc1)C1CC(C2CCCCC2)CCN1. The summed E-state index contributed by atoms with van der Waals surface area (Å²) in [5.74, 6) is 1.25. The first kappa shape index (κ1) is 19.3. The lowest BCUT2D eigenvalue weighted by Crippen LogP contribution is -2.53. The van der Waals surface area contributed by atoms with Crippen molar-refractivity contribution in [3.05, 3.63) is 35.9 Å². The van der Waals surface area contributed by atoms with Gasteiger partial charge < -0.3 is 20.8 Å². The molecule has 1 aliphatic carbocycles. The second kappa shape index (κ2) is 9.49. The Balaban J connectivity index is 1.57. The predicted octanol–water partition coefficient (Wildman–Crippen LogP) is 2.15. The Labute approximate surface area is 156 Å². The first-order valence-electron chi connectivity index (χ1n) is 10.1. The minimum absolute atomic E-state index is 0.112. The lowest BCUT2D eigenvalue weighted by atomic mass is 9.74. The van der Waals surface area contributed by atoms with E-state index in [0.29, 0.717) is 11.5 Å². The van der Waals surface area contributed by atoms with Gasteiger partial charge in [-0.05, 0) is 36.8 Å². The molecule has 0 bridgehead atoms. The van der Waals surface area contributed by atoms with Crippen LogP contribution in [0.2, 0.25) is 0 Å². The van der Waals surface area contributed by atoms with E-state index < -0.39 is 12.1 Å². The zero-order chi connectivity index (χ0) is 18.4. The summed E-state index contributed by atoms with van der Waals surface area (Å²) < 4.78 is 0. The number of amides is 1. The maximum Gasteiger partial charge on any atom is 0.237 e. The summed E-state index contributed by atoms with van der Waals surface area (Å²) in [6.07, 6.45) is 7.67. The zero-order valence-corrected chi connectivity index (χ0v) is 15.4. The van der Waals surface area contributed by atoms with E-state index in [1.54, 1.807) is 12.1 Å². The van der Waals surface area contributed by atoms with Crippen molar-refractivity contribution in [3.8, 4) is 0 Å². The Hall–Kier alpha value is -1.43. The molecule has 1 aromatic carbocycles. The van der Waals surface area contributed by atoms with Crippen LogP contribution in [-0.2, 0) is 4.79 Å². The van der Waals surface area contributed by atoms with Crippen molar-refractivity contribution in [3.63, 3.8) is 0 Å². The monoisotopic (exact) mass is 360 g/mol. The van der Waals surface area contributed by atoms with E-state index in [1.165, 1.54) is 32.1 Å². The summed E-state index contributed by atoms with van der Waals surface area (Å²) >= 11 is 0. The van der Waals surface area contributed by atoms with Gasteiger partial charge in [0.2, 0.25) is 5.91 Å². The predicted molar refractivity (Wildman–Crippen MR) is 102 cm³/mol. The van der Waals surface area contributed by atoms with Crippen molar-refractivity contribution in [2.45, 2.75) is 63.1 Å². The average molecular weight is 360 g/mol. The molecule has 5 heteroatoms. The molecular weight excluding hydrogens is 328 g/mol. The highest BCUT2D eigenvalue weighted by Crippen LogP contribution is 2.35. The van der Waals surface area contributed by atoms with Gasteiger partial charge in [-0.1, -0.05) is 62.4 Å². The van der Waals surface area contributed by atoms with Crippen LogP contribution < -0.4 is 10.6 Å². The molecule has 1 saturated heterocycles. The van der Waals surface area contributed by atoms with Crippen molar-refractivity contribution in [2.24, 2.45) is 11.8 Å². The van der Waals surface area contributed by atoms with Crippen LogP contribution >= 0.6 is 0 Å². The molecule has 2 fully saturated rings. The van der Waals surface area contributed by atoms with Crippen LogP contribution in [0, 0.1) is 11.8 Å². The number of nitrogens with one attached hydrogen (secondary N) is 2. The van der Waals surface area contributed by atoms with Gasteiger partial charge in [0.1, 0.15) is 6.10 Å². The van der Waals surface area contributed by atoms with E-state index in [0.717, 1.165) is 25.3 Å². The van der Waals surface area contributed by atoms with E-state index in [4.69, 9.17) is 0 Å². The number of carbonyl (C=O) groups excluding carboxylic acids is 1. The van der Waals surface area contributed by atoms with Crippen molar-refractivity contribution < 1.29 is 15.0 Å². The highest BCUT2D eigenvalue weighted by Gasteiger charge is 2.33. The molecule has 144 valence electrons. The van der Waals surface area contributed by atoms with Crippen molar-refractivity contribution >= 4 is 5.91 Å². The molecule has 1 saturated carbocycles. The molecule has 0 radical (unpaired) electrons. The zero-order valence-electron chi connectivity index (χ0n) is 15.4. The van der Waals surface area contributed by atoms with Crippen LogP contribution in [0.1, 0.15) is 56.6 Å². The maximum absolute atomic E-state index is 12.7. The molecule has 26 heavy (non-hydrogen) atoms. The third-order valence-corrected chi connectivity index (χ3v) is 6.12. The fourth-order valence-corrected chi connectivity index (χ4v) is 4.57. The quantitative estimate of drug-likeness (QED) is 0.627. The molecule has 4 N–H and O–H groups in total. The Morgan fingerprint density at radius 2 is 1.85 bits per heavy atom. The van der Waals surface area contributed by atoms with E-state index in [1.807, 2.05) is 18.2 Å². The Morgan fingerprint density at radius 3 is 2.54 bits per heavy atom. The molecule has 4 unspecified atom stereocenters. The third kappa shape index (κ3) is 4.84. The van der Waals surface area contributed by atoms with Gasteiger partial charge in [-0.15, -0.1) is 0 Å². The Bertz CT molecular complexity index is 560. The number of hydrogen-bond acceptors (Lipinski definition) is 4. The van der Waals surface area contributed by atoms with Gasteiger partial charge in [0.25, 0.3) is 0 Å². The van der Waals surface area contributed by atoms with Gasteiger partial charge in [0, 0.05) is 0 Å². The number of aliphatic hydroxyl groups is 2. The highest BCUT2D eigenvalue weighted by atomic mass is 16.3. The second-order valence-electron chi connectivity index (χ2n) is 7.84. The van der Waals surface area contributed by atoms with Gasteiger partial charge in [0.15, 0.2) is 0 Å². The maximum atomic E-state index is 12.7. The molecule has 5 nitrogen and oxygen atoms in total. The molecule has 1 amide bonds. The molecular formula is C21H32N2O3. The van der Waals surface area contributed by atoms with E-state index in [9.17, 15) is 15.0 Å². The summed E-state index contributed by atoms with van der Waals surface area (Å²) in [4.78, 5) is 12.7. The van der Waals surface area contributed by atoms with E-state index >= 15 is 0 Å². The van der Waals surface area contributed by atoms with Crippen LogP contribution in [0.3, 0.4) is 0 Å². The Morgan fingerprint density at radius 1 is 1.12 bits per heavy atom. The molecule has 3 rings (SSSR count). The summed E-state index contributed by atoms with van der Waals surface area (Å²) in [6, 6.07) is 8.24. The molecule has 0 spiro atoms. The fourth-order valence-electron chi connectivity index (χ4n) is 4.57.